The molecule has 58 valence electrons. The van der Waals surface area contributed by atoms with E-state index < -0.39 is 0 Å². The van der Waals surface area contributed by atoms with Gasteiger partial charge in [-0.2, -0.15) is 0 Å². The first-order valence-electron chi connectivity index (χ1n) is 3.28. The van der Waals surface area contributed by atoms with Crippen LogP contribution in [0.5, 0.6) is 0 Å². The highest BCUT2D eigenvalue weighted by Gasteiger charge is 2.24. The maximum Gasteiger partial charge on any atom is 0.255 e. The lowest BCUT2D eigenvalue weighted by Gasteiger charge is -2.05. The molecule has 0 N–H and O–H groups in total. The number of rotatable bonds is 2. The number of amides is 1. The van der Waals surface area contributed by atoms with Crippen LogP contribution < -0.4 is 0 Å². The van der Waals surface area contributed by atoms with Gasteiger partial charge in [0.15, 0.2) is 0 Å². The first kappa shape index (κ1) is 7.72. The summed E-state index contributed by atoms with van der Waals surface area (Å²) in [5.41, 5.74) is 1.29. The molecule has 0 fully saturated rings. The molecule has 0 aliphatic carbocycles. The molecule has 0 atom stereocenters. The minimum absolute atomic E-state index is 0.0256. The summed E-state index contributed by atoms with van der Waals surface area (Å²) in [7, 11) is 1.73. The Morgan fingerprint density at radius 3 is 2.73 bits per heavy atom. The predicted octanol–water partition coefficient (Wildman–Crippen LogP) is 0.599. The summed E-state index contributed by atoms with van der Waals surface area (Å²) < 4.78 is 0. The lowest BCUT2D eigenvalue weighted by molar-refractivity contribution is -0.124. The van der Waals surface area contributed by atoms with Gasteiger partial charge in [0.25, 0.3) is 5.91 Å². The molecule has 11 heavy (non-hydrogen) atoms. The second kappa shape index (κ2) is 2.70. The summed E-state index contributed by atoms with van der Waals surface area (Å²) in [6.07, 6.45) is 1.52. The maximum atomic E-state index is 11.2. The summed E-state index contributed by atoms with van der Waals surface area (Å²) in [6, 6.07) is 0. The SMILES string of the molecule is C=CC1=C(N=C)CN(C)C1=O. The van der Waals surface area contributed by atoms with E-state index in [-0.39, 0.29) is 5.91 Å². The molecule has 1 aliphatic rings. The third-order valence-electron chi connectivity index (χ3n) is 1.67. The number of carbonyl (C=O) groups excluding carboxylic acids is 1. The van der Waals surface area contributed by atoms with Crippen LogP contribution in [0.4, 0.5) is 0 Å². The van der Waals surface area contributed by atoms with Crippen molar-refractivity contribution < 1.29 is 4.79 Å². The van der Waals surface area contributed by atoms with Gasteiger partial charge in [-0.25, -0.2) is 0 Å². The van der Waals surface area contributed by atoms with Crippen molar-refractivity contribution in [2.24, 2.45) is 4.99 Å². The van der Waals surface area contributed by atoms with Crippen molar-refractivity contribution in [3.63, 3.8) is 0 Å². The molecule has 0 unspecified atom stereocenters. The Morgan fingerprint density at radius 2 is 2.36 bits per heavy atom. The molecule has 0 saturated heterocycles. The fourth-order valence-electron chi connectivity index (χ4n) is 1.05. The molecule has 0 saturated carbocycles. The van der Waals surface area contributed by atoms with Gasteiger partial charge < -0.3 is 4.90 Å². The van der Waals surface area contributed by atoms with E-state index in [0.717, 1.165) is 0 Å². The van der Waals surface area contributed by atoms with E-state index in [1.807, 2.05) is 0 Å². The van der Waals surface area contributed by atoms with Gasteiger partial charge in [-0.3, -0.25) is 9.79 Å². The molecule has 0 spiro atoms. The maximum absolute atomic E-state index is 11.2. The smallest absolute Gasteiger partial charge is 0.255 e. The number of hydrogen-bond donors (Lipinski definition) is 0. The third-order valence-corrected chi connectivity index (χ3v) is 1.67. The molecule has 0 bridgehead atoms. The molecule has 0 radical (unpaired) electrons. The van der Waals surface area contributed by atoms with E-state index in [2.05, 4.69) is 18.3 Å². The van der Waals surface area contributed by atoms with Crippen LogP contribution >= 0.6 is 0 Å². The first-order chi connectivity index (χ1) is 5.20. The van der Waals surface area contributed by atoms with E-state index in [0.29, 0.717) is 17.8 Å². The van der Waals surface area contributed by atoms with Gasteiger partial charge in [-0.15, -0.1) is 0 Å². The quantitative estimate of drug-likeness (QED) is 0.530. The van der Waals surface area contributed by atoms with Crippen LogP contribution in [0.2, 0.25) is 0 Å². The highest BCUT2D eigenvalue weighted by Crippen LogP contribution is 2.18. The second-order valence-electron chi connectivity index (χ2n) is 2.38. The predicted molar refractivity (Wildman–Crippen MR) is 44.4 cm³/mol. The molecule has 3 nitrogen and oxygen atoms in total. The molecule has 1 heterocycles. The van der Waals surface area contributed by atoms with Gasteiger partial charge in [0.05, 0.1) is 17.8 Å². The van der Waals surface area contributed by atoms with E-state index in [1.165, 1.54) is 6.08 Å². The zero-order valence-corrected chi connectivity index (χ0v) is 6.50. The van der Waals surface area contributed by atoms with Gasteiger partial charge in [0, 0.05) is 7.05 Å². The van der Waals surface area contributed by atoms with Gasteiger partial charge >= 0.3 is 0 Å². The van der Waals surface area contributed by atoms with E-state index in [1.54, 1.807) is 11.9 Å². The molecule has 1 amide bonds. The molecule has 1 aliphatic heterocycles. The Hall–Kier alpha value is -1.38. The highest BCUT2D eigenvalue weighted by atomic mass is 16.2. The van der Waals surface area contributed by atoms with Crippen molar-refractivity contribution in [2.75, 3.05) is 13.6 Å². The fourth-order valence-corrected chi connectivity index (χ4v) is 1.05. The molecule has 0 aromatic heterocycles. The summed E-state index contributed by atoms with van der Waals surface area (Å²) in [5, 5.41) is 0. The summed E-state index contributed by atoms with van der Waals surface area (Å²) in [5.74, 6) is -0.0256. The summed E-state index contributed by atoms with van der Waals surface area (Å²) in [6.45, 7) is 7.45. The minimum atomic E-state index is -0.0256. The lowest BCUT2D eigenvalue weighted by Crippen LogP contribution is -2.21. The van der Waals surface area contributed by atoms with E-state index in [4.69, 9.17) is 0 Å². The Bertz CT molecular complexity index is 253. The fraction of sp³-hybridized carbons (Fsp3) is 0.250. The zero-order chi connectivity index (χ0) is 8.43. The van der Waals surface area contributed by atoms with Crippen LogP contribution in [-0.2, 0) is 4.79 Å². The van der Waals surface area contributed by atoms with Crippen LogP contribution in [0.1, 0.15) is 0 Å². The average molecular weight is 150 g/mol. The third kappa shape index (κ3) is 1.09. The van der Waals surface area contributed by atoms with Crippen molar-refractivity contribution in [3.05, 3.63) is 23.9 Å². The monoisotopic (exact) mass is 150 g/mol. The molecular weight excluding hydrogens is 140 g/mol. The van der Waals surface area contributed by atoms with Gasteiger partial charge in [0.1, 0.15) is 0 Å². The Kier molecular flexibility index (Phi) is 1.89. The van der Waals surface area contributed by atoms with Crippen molar-refractivity contribution in [3.8, 4) is 0 Å². The van der Waals surface area contributed by atoms with Crippen LogP contribution in [0.15, 0.2) is 28.9 Å². The Labute approximate surface area is 65.7 Å². The summed E-state index contributed by atoms with van der Waals surface area (Å²) in [4.78, 5) is 16.5. The zero-order valence-electron chi connectivity index (χ0n) is 6.50. The minimum Gasteiger partial charge on any atom is -0.336 e. The number of likely N-dealkylation sites (N-methyl/N-ethyl adjacent to an activating group) is 1. The topological polar surface area (TPSA) is 32.7 Å². The van der Waals surface area contributed by atoms with Crippen molar-refractivity contribution >= 4 is 12.6 Å². The normalized spacial score (nSPS) is 17.5. The standard InChI is InChI=1S/C8H10N2O/c1-4-6-7(9-2)5-10(3)8(6)11/h4H,1-2,5H2,3H3. The van der Waals surface area contributed by atoms with Crippen molar-refractivity contribution in [2.45, 2.75) is 0 Å². The first-order valence-corrected chi connectivity index (χ1v) is 3.28. The van der Waals surface area contributed by atoms with Gasteiger partial charge in [-0.1, -0.05) is 12.7 Å². The Morgan fingerprint density at radius 1 is 1.73 bits per heavy atom. The number of carbonyl (C=O) groups is 1. The van der Waals surface area contributed by atoms with E-state index in [9.17, 15) is 4.79 Å². The average Bonchev–Trinajstić information content (AvgIpc) is 2.28. The largest absolute Gasteiger partial charge is 0.336 e. The lowest BCUT2D eigenvalue weighted by atomic mass is 10.2. The molecule has 3 heteroatoms. The number of aliphatic imine (C=N–C) groups is 1. The highest BCUT2D eigenvalue weighted by molar-refractivity contribution is 5.99. The van der Waals surface area contributed by atoms with Crippen molar-refractivity contribution in [1.29, 1.82) is 0 Å². The molecular formula is C8H10N2O. The molecule has 1 rings (SSSR count). The second-order valence-corrected chi connectivity index (χ2v) is 2.38. The van der Waals surface area contributed by atoms with Gasteiger partial charge in [0.2, 0.25) is 0 Å². The van der Waals surface area contributed by atoms with Crippen LogP contribution in [0.3, 0.4) is 0 Å². The molecule has 0 aromatic carbocycles. The number of nitrogens with zero attached hydrogens (tertiary/aromatic N) is 2. The Balaban J connectivity index is 3.04. The van der Waals surface area contributed by atoms with Crippen LogP contribution in [0, 0.1) is 0 Å². The summed E-state index contributed by atoms with van der Waals surface area (Å²) >= 11 is 0. The van der Waals surface area contributed by atoms with Crippen molar-refractivity contribution in [1.82, 2.24) is 4.90 Å². The molecule has 0 aromatic rings. The van der Waals surface area contributed by atoms with Crippen LogP contribution in [0.25, 0.3) is 0 Å². The van der Waals surface area contributed by atoms with Crippen LogP contribution in [-0.4, -0.2) is 31.1 Å². The van der Waals surface area contributed by atoms with Gasteiger partial charge in [-0.05, 0) is 6.72 Å². The number of hydrogen-bond acceptors (Lipinski definition) is 2. The van der Waals surface area contributed by atoms with E-state index >= 15 is 0 Å².